The van der Waals surface area contributed by atoms with Crippen molar-refractivity contribution in [2.24, 2.45) is 0 Å². The minimum Gasteiger partial charge on any atom is -0.497 e. The van der Waals surface area contributed by atoms with Crippen LogP contribution in [0.4, 0.5) is 0 Å². The van der Waals surface area contributed by atoms with Gasteiger partial charge in [0.1, 0.15) is 12.3 Å². The molecule has 1 saturated heterocycles. The van der Waals surface area contributed by atoms with Crippen molar-refractivity contribution in [2.75, 3.05) is 33.3 Å². The van der Waals surface area contributed by atoms with Crippen LogP contribution in [0.3, 0.4) is 0 Å². The lowest BCUT2D eigenvalue weighted by molar-refractivity contribution is -0.134. The van der Waals surface area contributed by atoms with E-state index in [0.29, 0.717) is 0 Å². The van der Waals surface area contributed by atoms with Crippen molar-refractivity contribution in [1.82, 2.24) is 24.3 Å². The van der Waals surface area contributed by atoms with Gasteiger partial charge in [0.05, 0.1) is 24.8 Å². The van der Waals surface area contributed by atoms with Gasteiger partial charge >= 0.3 is 0 Å². The number of hydrogen-bond donors (Lipinski definition) is 0. The van der Waals surface area contributed by atoms with E-state index in [4.69, 9.17) is 4.74 Å². The van der Waals surface area contributed by atoms with Crippen LogP contribution in [0.1, 0.15) is 20.8 Å². The van der Waals surface area contributed by atoms with Crippen molar-refractivity contribution < 1.29 is 9.53 Å². The average molecular weight is 434 g/mol. The van der Waals surface area contributed by atoms with E-state index >= 15 is 0 Å². The van der Waals surface area contributed by atoms with Gasteiger partial charge in [-0.05, 0) is 57.2 Å². The molecule has 4 rings (SSSR count). The maximum Gasteiger partial charge on any atom is 0.242 e. The Morgan fingerprint density at radius 1 is 0.969 bits per heavy atom. The monoisotopic (exact) mass is 433 g/mol. The highest BCUT2D eigenvalue weighted by atomic mass is 16.5. The molecule has 1 aromatic carbocycles. The number of pyridine rings is 1. The number of nitrogens with zero attached hydrogens (tertiary/aromatic N) is 5. The second kappa shape index (κ2) is 9.12. The number of imidazole rings is 1. The third-order valence-electron chi connectivity index (χ3n) is 6.04. The molecule has 0 bridgehead atoms. The van der Waals surface area contributed by atoms with Crippen LogP contribution in [0.25, 0.3) is 22.5 Å². The quantitative estimate of drug-likeness (QED) is 0.616. The first-order chi connectivity index (χ1) is 15.4. The van der Waals surface area contributed by atoms with Gasteiger partial charge in [-0.3, -0.25) is 14.7 Å². The number of hydrogen-bond acceptors (Lipinski definition) is 5. The Bertz CT molecular complexity index is 1050. The van der Waals surface area contributed by atoms with Crippen LogP contribution in [0.2, 0.25) is 0 Å². The zero-order valence-electron chi connectivity index (χ0n) is 19.3. The van der Waals surface area contributed by atoms with Gasteiger partial charge in [-0.2, -0.15) is 0 Å². The number of rotatable bonds is 5. The van der Waals surface area contributed by atoms with Gasteiger partial charge < -0.3 is 14.2 Å². The van der Waals surface area contributed by atoms with Crippen molar-refractivity contribution in [2.45, 2.75) is 32.9 Å². The molecule has 0 unspecified atom stereocenters. The van der Waals surface area contributed by atoms with E-state index in [0.717, 1.165) is 54.4 Å². The number of carbonyl (C=O) groups is 1. The molecule has 0 aliphatic carbocycles. The first kappa shape index (κ1) is 22.0. The highest BCUT2D eigenvalue weighted by Crippen LogP contribution is 2.32. The van der Waals surface area contributed by atoms with Crippen LogP contribution < -0.4 is 4.74 Å². The zero-order valence-corrected chi connectivity index (χ0v) is 19.3. The molecule has 0 spiro atoms. The minimum atomic E-state index is 0.118. The van der Waals surface area contributed by atoms with Crippen LogP contribution in [0.5, 0.6) is 5.75 Å². The second-order valence-electron chi connectivity index (χ2n) is 9.07. The fourth-order valence-electron chi connectivity index (χ4n) is 4.15. The normalized spacial score (nSPS) is 15.1. The lowest BCUT2D eigenvalue weighted by atomic mass is 10.0. The molecule has 7 heteroatoms. The Labute approximate surface area is 189 Å². The van der Waals surface area contributed by atoms with Gasteiger partial charge in [-0.25, -0.2) is 4.98 Å². The molecule has 1 amide bonds. The molecule has 1 aliphatic heterocycles. The molecule has 1 fully saturated rings. The van der Waals surface area contributed by atoms with Gasteiger partial charge in [0, 0.05) is 55.2 Å². The van der Waals surface area contributed by atoms with E-state index < -0.39 is 0 Å². The molecule has 0 atom stereocenters. The average Bonchev–Trinajstić information content (AvgIpc) is 3.22. The van der Waals surface area contributed by atoms with Crippen LogP contribution in [-0.4, -0.2) is 69.1 Å². The van der Waals surface area contributed by atoms with Crippen molar-refractivity contribution in [3.8, 4) is 28.3 Å². The Morgan fingerprint density at radius 2 is 1.62 bits per heavy atom. The lowest BCUT2D eigenvalue weighted by Gasteiger charge is -2.42. The van der Waals surface area contributed by atoms with Crippen molar-refractivity contribution in [1.29, 1.82) is 0 Å². The summed E-state index contributed by atoms with van der Waals surface area (Å²) in [4.78, 5) is 26.4. The largest absolute Gasteiger partial charge is 0.497 e. The fraction of sp³-hybridized carbons (Fsp3) is 0.400. The topological polar surface area (TPSA) is 63.5 Å². The number of aromatic nitrogens is 3. The van der Waals surface area contributed by atoms with Crippen LogP contribution in [-0.2, 0) is 11.3 Å². The molecule has 168 valence electrons. The van der Waals surface area contributed by atoms with Gasteiger partial charge in [-0.1, -0.05) is 0 Å². The van der Waals surface area contributed by atoms with Crippen LogP contribution in [0.15, 0.2) is 55.1 Å². The smallest absolute Gasteiger partial charge is 0.242 e. The number of ether oxygens (including phenoxy) is 1. The number of methoxy groups -OCH3 is 1. The summed E-state index contributed by atoms with van der Waals surface area (Å²) in [5.74, 6) is 0.913. The Kier molecular flexibility index (Phi) is 6.28. The third kappa shape index (κ3) is 4.67. The van der Waals surface area contributed by atoms with Crippen LogP contribution in [0, 0.1) is 0 Å². The van der Waals surface area contributed by atoms with Crippen molar-refractivity contribution in [3.63, 3.8) is 0 Å². The maximum atomic E-state index is 13.2. The third-order valence-corrected chi connectivity index (χ3v) is 6.04. The summed E-state index contributed by atoms with van der Waals surface area (Å²) in [5.41, 5.74) is 3.83. The molecule has 3 aromatic rings. The van der Waals surface area contributed by atoms with Gasteiger partial charge in [0.15, 0.2) is 0 Å². The van der Waals surface area contributed by atoms with E-state index in [1.165, 1.54) is 0 Å². The molecular weight excluding hydrogens is 402 g/mol. The molecule has 0 radical (unpaired) electrons. The molecule has 3 heterocycles. The van der Waals surface area contributed by atoms with Crippen LogP contribution >= 0.6 is 0 Å². The summed E-state index contributed by atoms with van der Waals surface area (Å²) < 4.78 is 7.24. The molecule has 0 saturated carbocycles. The summed E-state index contributed by atoms with van der Waals surface area (Å²) in [6.45, 7) is 10.2. The number of amides is 1. The van der Waals surface area contributed by atoms with E-state index in [1.54, 1.807) is 25.8 Å². The molecular formula is C25H31N5O2. The van der Waals surface area contributed by atoms with Crippen molar-refractivity contribution >= 4 is 5.91 Å². The first-order valence-electron chi connectivity index (χ1n) is 11.0. The van der Waals surface area contributed by atoms with E-state index in [1.807, 2.05) is 45.9 Å². The summed E-state index contributed by atoms with van der Waals surface area (Å²) in [7, 11) is 1.65. The second-order valence-corrected chi connectivity index (χ2v) is 9.07. The van der Waals surface area contributed by atoms with E-state index in [9.17, 15) is 4.79 Å². The lowest BCUT2D eigenvalue weighted by Crippen LogP contribution is -2.55. The van der Waals surface area contributed by atoms with Gasteiger partial charge in [-0.15, -0.1) is 0 Å². The molecule has 1 aliphatic rings. The molecule has 2 aromatic heterocycles. The Balaban J connectivity index is 1.59. The predicted molar refractivity (Wildman–Crippen MR) is 125 cm³/mol. The SMILES string of the molecule is COc1ccc(-c2ncn(CC(=O)N3CCN(C(C)(C)C)CC3)c2-c2ccncc2)cc1. The zero-order chi connectivity index (χ0) is 22.7. The first-order valence-corrected chi connectivity index (χ1v) is 11.0. The Hall–Kier alpha value is -3.19. The molecule has 32 heavy (non-hydrogen) atoms. The highest BCUT2D eigenvalue weighted by molar-refractivity contribution is 5.81. The standard InChI is InChI=1S/C25H31N5O2/c1-25(2,3)30-15-13-28(14-16-30)22(31)17-29-18-27-23(19-5-7-21(32-4)8-6-19)24(29)20-9-11-26-12-10-20/h5-12,18H,13-17H2,1-4H3. The maximum absolute atomic E-state index is 13.2. The number of carbonyl (C=O) groups excluding carboxylic acids is 1. The highest BCUT2D eigenvalue weighted by Gasteiger charge is 2.28. The predicted octanol–water partition coefficient (Wildman–Crippen LogP) is 3.56. The summed E-state index contributed by atoms with van der Waals surface area (Å²) >= 11 is 0. The molecule has 0 N–H and O–H groups in total. The van der Waals surface area contributed by atoms with E-state index in [-0.39, 0.29) is 18.0 Å². The van der Waals surface area contributed by atoms with Gasteiger partial charge in [0.2, 0.25) is 5.91 Å². The minimum absolute atomic E-state index is 0.118. The Morgan fingerprint density at radius 3 is 2.22 bits per heavy atom. The number of piperazine rings is 1. The van der Waals surface area contributed by atoms with Gasteiger partial charge in [0.25, 0.3) is 0 Å². The summed E-state index contributed by atoms with van der Waals surface area (Å²) in [5, 5.41) is 0. The summed E-state index contributed by atoms with van der Waals surface area (Å²) in [6.07, 6.45) is 5.29. The summed E-state index contributed by atoms with van der Waals surface area (Å²) in [6, 6.07) is 11.7. The van der Waals surface area contributed by atoms with E-state index in [2.05, 4.69) is 35.6 Å². The molecule has 7 nitrogen and oxygen atoms in total. The van der Waals surface area contributed by atoms with Crippen molar-refractivity contribution in [3.05, 3.63) is 55.1 Å². The fourth-order valence-corrected chi connectivity index (χ4v) is 4.15. The number of benzene rings is 1.